The Bertz CT molecular complexity index is 4830. The zero-order valence-electron chi connectivity index (χ0n) is 45.8. The summed E-state index contributed by atoms with van der Waals surface area (Å²) in [6.45, 7) is -0.307. The topological polar surface area (TPSA) is 38.5 Å². The van der Waals surface area contributed by atoms with E-state index >= 15 is 0 Å². The summed E-state index contributed by atoms with van der Waals surface area (Å²) >= 11 is 0. The van der Waals surface area contributed by atoms with Gasteiger partial charge in [-0.25, -0.2) is 4.98 Å². The van der Waals surface area contributed by atoms with Crippen molar-refractivity contribution in [3.8, 4) is 78.6 Å². The molecule has 0 radical (unpaired) electrons. The van der Waals surface area contributed by atoms with E-state index in [1.165, 1.54) is 10.8 Å². The zero-order chi connectivity index (χ0) is 54.6. The van der Waals surface area contributed by atoms with Crippen molar-refractivity contribution >= 4 is 66.4 Å². The first-order chi connectivity index (χ1) is 40.3. The molecule has 0 fully saturated rings. The average Bonchev–Trinajstić information content (AvgIpc) is 3.94. The fraction of sp³-hybridized carbons (Fsp3) is 0.0137. The number of fused-ring (bicyclic) bond motifs is 13. The van der Waals surface area contributed by atoms with Crippen molar-refractivity contribution in [1.29, 1.82) is 0 Å². The van der Waals surface area contributed by atoms with Gasteiger partial charge in [-0.2, -0.15) is 12.1 Å². The number of rotatable bonds is 8. The van der Waals surface area contributed by atoms with Gasteiger partial charge in [0.1, 0.15) is 5.82 Å². The number of para-hydroxylation sites is 5. The molecule has 0 bridgehead atoms. The third-order valence-corrected chi connectivity index (χ3v) is 15.7. The number of anilines is 4. The predicted molar refractivity (Wildman–Crippen MR) is 324 cm³/mol. The molecule has 0 saturated heterocycles. The van der Waals surface area contributed by atoms with Gasteiger partial charge in [0.05, 0.1) is 16.7 Å². The molecule has 0 unspecified atom stereocenters. The second kappa shape index (κ2) is 19.0. The van der Waals surface area contributed by atoms with Crippen LogP contribution in [0.3, 0.4) is 0 Å². The smallest absolute Gasteiger partial charge is 0.135 e. The summed E-state index contributed by atoms with van der Waals surface area (Å²) in [5.74, 6) is 1.40. The largest absolute Gasteiger partial charge is 0.509 e. The molecule has 382 valence electrons. The van der Waals surface area contributed by atoms with Crippen LogP contribution in [0.2, 0.25) is 0 Å². The van der Waals surface area contributed by atoms with E-state index in [9.17, 15) is 0 Å². The first kappa shape index (κ1) is 44.3. The molecule has 7 heteroatoms. The van der Waals surface area contributed by atoms with Crippen molar-refractivity contribution < 1.29 is 29.9 Å². The Balaban J connectivity index is 0.00000588. The summed E-state index contributed by atoms with van der Waals surface area (Å²) in [7, 11) is 0. The van der Waals surface area contributed by atoms with Crippen LogP contribution in [0.15, 0.2) is 255 Å². The van der Waals surface area contributed by atoms with Gasteiger partial charge in [-0.3, -0.25) is 0 Å². The number of hydrogen-bond acceptors (Lipinski definition) is 4. The van der Waals surface area contributed by atoms with Crippen LogP contribution in [0.25, 0.3) is 111 Å². The third-order valence-electron chi connectivity index (χ3n) is 15.7. The van der Waals surface area contributed by atoms with E-state index in [4.69, 9.17) is 13.8 Å². The second-order valence-corrected chi connectivity index (χ2v) is 20.1. The maximum Gasteiger partial charge on any atom is 0.135 e. The molecule has 6 nitrogen and oxygen atoms in total. The Labute approximate surface area is 482 Å². The van der Waals surface area contributed by atoms with Crippen LogP contribution in [0.4, 0.5) is 22.7 Å². The average molecular weight is 1210 g/mol. The molecule has 14 aromatic rings. The van der Waals surface area contributed by atoms with Gasteiger partial charge in [0.25, 0.3) is 0 Å². The summed E-state index contributed by atoms with van der Waals surface area (Å²) in [4.78, 5) is 9.59. The molecule has 0 atom stereocenters. The Morgan fingerprint density at radius 2 is 1.05 bits per heavy atom. The monoisotopic (exact) mass is 1210 g/mol. The first-order valence-corrected chi connectivity index (χ1v) is 26.5. The Morgan fingerprint density at radius 3 is 1.80 bits per heavy atom. The maximum absolute atomic E-state index is 8.89. The van der Waals surface area contributed by atoms with Gasteiger partial charge in [-0.15, -0.1) is 48.1 Å². The Morgan fingerprint density at radius 1 is 0.450 bits per heavy atom. The van der Waals surface area contributed by atoms with Crippen LogP contribution < -0.4 is 14.5 Å². The molecule has 11 aromatic carbocycles. The predicted octanol–water partition coefficient (Wildman–Crippen LogP) is 19.0. The van der Waals surface area contributed by atoms with Crippen molar-refractivity contribution in [1.82, 2.24) is 14.1 Å². The molecule has 2 aliphatic heterocycles. The molecule has 0 amide bonds. The first-order valence-electron chi connectivity index (χ1n) is 28.0. The van der Waals surface area contributed by atoms with Crippen molar-refractivity contribution in [2.24, 2.45) is 0 Å². The Hall–Kier alpha value is -9.74. The van der Waals surface area contributed by atoms with Gasteiger partial charge >= 0.3 is 0 Å². The quantitative estimate of drug-likeness (QED) is 0.142. The number of nitrogens with zero attached hydrogens (tertiary/aromatic N) is 5. The molecule has 0 saturated carbocycles. The number of ether oxygens (including phenoxy) is 1. The van der Waals surface area contributed by atoms with E-state index in [1.807, 2.05) is 59.2 Å². The summed E-state index contributed by atoms with van der Waals surface area (Å²) in [6, 6.07) is 93.0. The van der Waals surface area contributed by atoms with Gasteiger partial charge in [-0.1, -0.05) is 188 Å². The maximum atomic E-state index is 8.89. The van der Waals surface area contributed by atoms with Crippen LogP contribution >= 0.6 is 0 Å². The van der Waals surface area contributed by atoms with Gasteiger partial charge in [0, 0.05) is 104 Å². The molecule has 0 spiro atoms. The van der Waals surface area contributed by atoms with Gasteiger partial charge in [0.2, 0.25) is 0 Å². The molecule has 2 aliphatic rings. The zero-order valence-corrected chi connectivity index (χ0v) is 45.1. The van der Waals surface area contributed by atoms with Gasteiger partial charge < -0.3 is 23.7 Å². The number of hydrogen-bond donors (Lipinski definition) is 0. The minimum atomic E-state index is -2.46. The van der Waals surface area contributed by atoms with Crippen molar-refractivity contribution in [2.75, 3.05) is 9.80 Å². The molecule has 16 rings (SSSR count). The molecular formula is C73H46N5OPt-3. The molecule has 3 aromatic heterocycles. The molecule has 5 heterocycles. The fourth-order valence-electron chi connectivity index (χ4n) is 12.3. The molecule has 80 heavy (non-hydrogen) atoms. The van der Waals surface area contributed by atoms with Crippen LogP contribution in [-0.2, 0) is 21.1 Å². The van der Waals surface area contributed by atoms with Crippen LogP contribution in [0.5, 0.6) is 11.5 Å². The number of aromatic nitrogens is 3. The fourth-order valence-corrected chi connectivity index (χ4v) is 12.3. The van der Waals surface area contributed by atoms with E-state index in [1.54, 1.807) is 12.3 Å². The normalized spacial score (nSPS) is 13.1. The standard InChI is InChI=1S/C73H46N5O.Pt/c1-47-42-69(74-45-62(47)50-24-9-4-10-25-50)77-66-40-41-67-70(58-30-12-11-28-56(58)59-33-19-34-60-57-29-13-14-35-63(57)78(67)73(59)60)71(66)61-39-38-53(44-68(61)77)79-52-27-17-26-51(43-52)75-46-76(65-37-16-15-36-64(65)75)72-54(48-20-5-2-6-21-48)31-18-32-55(72)49-22-7-3-8-23-49;/h2-42,45-46H,1H3;/q-3;/i1D3;. The van der Waals surface area contributed by atoms with Crippen LogP contribution in [0.1, 0.15) is 9.68 Å². The van der Waals surface area contributed by atoms with Crippen molar-refractivity contribution in [3.05, 3.63) is 279 Å². The van der Waals surface area contributed by atoms with E-state index in [2.05, 4.69) is 221 Å². The van der Waals surface area contributed by atoms with Gasteiger partial charge in [0.15, 0.2) is 0 Å². The van der Waals surface area contributed by atoms with Gasteiger partial charge in [-0.05, 0) is 82.0 Å². The summed E-state index contributed by atoms with van der Waals surface area (Å²) < 4.78 is 38.0. The Kier molecular flexibility index (Phi) is 10.5. The number of benzene rings is 11. The third kappa shape index (κ3) is 7.40. The van der Waals surface area contributed by atoms with E-state index < -0.39 is 6.85 Å². The summed E-state index contributed by atoms with van der Waals surface area (Å²) in [5, 5.41) is 4.25. The number of pyridine rings is 1. The minimum absolute atomic E-state index is 0. The van der Waals surface area contributed by atoms with E-state index in [0.717, 1.165) is 106 Å². The molecule has 0 aliphatic carbocycles. The summed E-state index contributed by atoms with van der Waals surface area (Å²) in [5.41, 5.74) is 19.1. The van der Waals surface area contributed by atoms with E-state index in [0.29, 0.717) is 28.4 Å². The summed E-state index contributed by atoms with van der Waals surface area (Å²) in [6.07, 6.45) is 1.69. The van der Waals surface area contributed by atoms with Crippen molar-refractivity contribution in [3.63, 3.8) is 0 Å². The molecular weight excluding hydrogens is 1160 g/mol. The van der Waals surface area contributed by atoms with Crippen molar-refractivity contribution in [2.45, 2.75) is 6.85 Å². The minimum Gasteiger partial charge on any atom is -0.509 e. The van der Waals surface area contributed by atoms with Crippen LogP contribution in [0, 0.1) is 25.7 Å². The number of aryl methyl sites for hydroxylation is 1. The second-order valence-electron chi connectivity index (χ2n) is 20.1. The molecule has 0 N–H and O–H groups in total. The van der Waals surface area contributed by atoms with Crippen LogP contribution in [-0.4, -0.2) is 14.1 Å². The SMILES string of the molecule is [2H]C([2H])([2H])c1cc(-n2c3[c-]c(Oc4[c-]c(N5[CH-]N(c6c(-c7ccccc7)cccc6-c6ccccc6)c6ccccc65)ccc4)ccc3c3c4c(ccc32)-n2c3ccccc3c3cccc(c32)-c2ccccc2-4)ncc1-c1ccccc1.[Pt]. The van der Waals surface area contributed by atoms with E-state index in [-0.39, 0.29) is 26.6 Å².